The Kier molecular flexibility index (Phi) is 440. The van der Waals surface area contributed by atoms with Crippen molar-refractivity contribution in [2.24, 2.45) is 0 Å². The van der Waals surface area contributed by atoms with Crippen molar-refractivity contribution in [2.75, 3.05) is 0 Å². The first kappa shape index (κ1) is 61.0. The Labute approximate surface area is 52.0 Å². The normalized spacial score (nSPS) is 0. The van der Waals surface area contributed by atoms with Crippen LogP contribution in [0.5, 0.6) is 0 Å². The van der Waals surface area contributed by atoms with Gasteiger partial charge in [0.2, 0.25) is 0 Å². The van der Waals surface area contributed by atoms with Crippen LogP contribution in [-0.2, 0) is 51.9 Å². The van der Waals surface area contributed by atoms with Crippen molar-refractivity contribution in [1.29, 1.82) is 0 Å². The molecule has 0 saturated heterocycles. The molecule has 0 heterocycles. The maximum Gasteiger partial charge on any atom is 1.00 e. The molecule has 31 valence electrons. The second-order valence-corrected chi connectivity index (χ2v) is 0. The molecular formula is AgO2V-3. The minimum absolute atomic E-state index is 0. The molecule has 0 aliphatic carbocycles. The van der Waals surface area contributed by atoms with Gasteiger partial charge < -0.3 is 11.0 Å². The topological polar surface area (TPSA) is 57.0 Å². The largest absolute Gasteiger partial charge is 2.00 e. The molecule has 0 fully saturated rings. The average Bonchev–Trinajstić information content (AvgIpc) is 0. The van der Waals surface area contributed by atoms with Gasteiger partial charge in [-0.3, -0.25) is 0 Å². The monoisotopic (exact) mass is 190 g/mol. The van der Waals surface area contributed by atoms with Crippen molar-refractivity contribution >= 4 is 0 Å². The van der Waals surface area contributed by atoms with Gasteiger partial charge >= 0.3 is 22.4 Å². The fourth-order valence-electron chi connectivity index (χ4n) is 0. The summed E-state index contributed by atoms with van der Waals surface area (Å²) >= 11 is 0. The summed E-state index contributed by atoms with van der Waals surface area (Å²) in [4.78, 5) is 0. The Bertz CT molecular complexity index is 6.00. The molecular weight excluding hydrogens is 191 g/mol. The van der Waals surface area contributed by atoms with Crippen LogP contribution in [0.1, 0.15) is 0 Å². The summed E-state index contributed by atoms with van der Waals surface area (Å²) in [5, 5.41) is 0. The van der Waals surface area contributed by atoms with Gasteiger partial charge in [0.1, 0.15) is 0 Å². The van der Waals surface area contributed by atoms with Gasteiger partial charge in [-0.2, -0.15) is 0 Å². The Balaban J connectivity index is 0. The van der Waals surface area contributed by atoms with E-state index in [0.29, 0.717) is 0 Å². The molecule has 0 saturated carbocycles. The summed E-state index contributed by atoms with van der Waals surface area (Å²) in [7, 11) is 0. The average molecular weight is 191 g/mol. The third-order valence-corrected chi connectivity index (χ3v) is 0. The van der Waals surface area contributed by atoms with Crippen LogP contribution < -0.4 is 0 Å². The van der Waals surface area contributed by atoms with Crippen LogP contribution in [-0.4, -0.2) is 0 Å². The zero-order valence-corrected chi connectivity index (χ0v) is 4.44. The first-order chi connectivity index (χ1) is 0. The molecule has 0 spiro atoms. The van der Waals surface area contributed by atoms with E-state index in [1.54, 1.807) is 0 Å². The molecule has 1 radical (unpaired) electrons. The molecule has 0 aliphatic heterocycles. The predicted octanol–water partition coefficient (Wildman–Crippen LogP) is -0.243. The van der Waals surface area contributed by atoms with Crippen LogP contribution in [0, 0.1) is 0 Å². The Morgan fingerprint density at radius 1 is 0.750 bits per heavy atom. The van der Waals surface area contributed by atoms with E-state index in [4.69, 9.17) is 0 Å². The summed E-state index contributed by atoms with van der Waals surface area (Å²) in [6, 6.07) is 0. The second-order valence-electron chi connectivity index (χ2n) is 0. The van der Waals surface area contributed by atoms with E-state index in [9.17, 15) is 0 Å². The standard InChI is InChI=1S/Ag.2O.V/q+1;2*-2;. The summed E-state index contributed by atoms with van der Waals surface area (Å²) < 4.78 is 0. The molecule has 0 bridgehead atoms. The quantitative estimate of drug-likeness (QED) is 0.474. The fraction of sp³-hybridized carbons (Fsp3) is 0. The van der Waals surface area contributed by atoms with Gasteiger partial charge in [-0.1, -0.05) is 0 Å². The molecule has 4 heavy (non-hydrogen) atoms. The zero-order valence-electron chi connectivity index (χ0n) is 1.57. The van der Waals surface area contributed by atoms with Crippen LogP contribution >= 0.6 is 0 Å². The van der Waals surface area contributed by atoms with Gasteiger partial charge in [0.25, 0.3) is 0 Å². The minimum atomic E-state index is 0. The first-order valence-corrected chi connectivity index (χ1v) is 0. The molecule has 4 heteroatoms. The fourth-order valence-corrected chi connectivity index (χ4v) is 0. The van der Waals surface area contributed by atoms with Crippen molar-refractivity contribution in [3.05, 3.63) is 0 Å². The van der Waals surface area contributed by atoms with E-state index in [1.165, 1.54) is 0 Å². The molecule has 0 aromatic carbocycles. The second kappa shape index (κ2) is 28.8. The van der Waals surface area contributed by atoms with Crippen molar-refractivity contribution in [3.63, 3.8) is 0 Å². The van der Waals surface area contributed by atoms with Crippen LogP contribution in [0.25, 0.3) is 0 Å². The van der Waals surface area contributed by atoms with E-state index >= 15 is 0 Å². The predicted molar refractivity (Wildman–Crippen MR) is 1.37 cm³/mol. The molecule has 2 nitrogen and oxygen atoms in total. The van der Waals surface area contributed by atoms with E-state index in [0.717, 1.165) is 0 Å². The number of hydrogen-bond acceptors (Lipinski definition) is 0. The Morgan fingerprint density at radius 3 is 0.750 bits per heavy atom. The summed E-state index contributed by atoms with van der Waals surface area (Å²) in [5.74, 6) is 0. The zero-order chi connectivity index (χ0) is 0. The minimum Gasteiger partial charge on any atom is -2.00 e. The van der Waals surface area contributed by atoms with E-state index in [2.05, 4.69) is 0 Å². The molecule has 0 N–H and O–H groups in total. The molecule has 0 aliphatic rings. The molecule has 0 amide bonds. The van der Waals surface area contributed by atoms with Crippen molar-refractivity contribution in [3.8, 4) is 0 Å². The van der Waals surface area contributed by atoms with E-state index in [1.807, 2.05) is 0 Å². The third kappa shape index (κ3) is 10.6. The third-order valence-electron chi connectivity index (χ3n) is 0. The van der Waals surface area contributed by atoms with Crippen molar-refractivity contribution in [1.82, 2.24) is 0 Å². The van der Waals surface area contributed by atoms with Crippen LogP contribution in [0.2, 0.25) is 0 Å². The smallest absolute Gasteiger partial charge is 1.00 e. The molecule has 0 aromatic rings. The van der Waals surface area contributed by atoms with Gasteiger partial charge in [-0.25, -0.2) is 0 Å². The van der Waals surface area contributed by atoms with Gasteiger partial charge in [0, 0.05) is 18.6 Å². The SMILES string of the molecule is [Ag+].[O-2].[O-2].[V]. The molecule has 0 rings (SSSR count). The number of rotatable bonds is 0. The molecule has 0 atom stereocenters. The maximum absolute atomic E-state index is 0. The van der Waals surface area contributed by atoms with Crippen LogP contribution in [0.3, 0.4) is 0 Å². The van der Waals surface area contributed by atoms with Crippen LogP contribution in [0.15, 0.2) is 0 Å². The first-order valence-electron chi connectivity index (χ1n) is 0. The van der Waals surface area contributed by atoms with Crippen LogP contribution in [0.4, 0.5) is 0 Å². The Morgan fingerprint density at radius 2 is 0.750 bits per heavy atom. The van der Waals surface area contributed by atoms with Gasteiger partial charge in [0.05, 0.1) is 0 Å². The maximum atomic E-state index is 0. The Hall–Kier alpha value is 1.24. The molecule has 0 unspecified atom stereocenters. The summed E-state index contributed by atoms with van der Waals surface area (Å²) in [6.07, 6.45) is 0. The summed E-state index contributed by atoms with van der Waals surface area (Å²) in [5.41, 5.74) is 0. The van der Waals surface area contributed by atoms with Crippen molar-refractivity contribution in [2.45, 2.75) is 0 Å². The molecule has 0 aromatic heterocycles. The van der Waals surface area contributed by atoms with Crippen molar-refractivity contribution < 1.29 is 51.9 Å². The van der Waals surface area contributed by atoms with E-state index in [-0.39, 0.29) is 51.9 Å². The summed E-state index contributed by atoms with van der Waals surface area (Å²) in [6.45, 7) is 0. The van der Waals surface area contributed by atoms with Gasteiger partial charge in [-0.15, -0.1) is 0 Å². The van der Waals surface area contributed by atoms with E-state index < -0.39 is 0 Å². The number of hydrogen-bond donors (Lipinski definition) is 0. The van der Waals surface area contributed by atoms with Gasteiger partial charge in [0.15, 0.2) is 0 Å². The van der Waals surface area contributed by atoms with Gasteiger partial charge in [-0.05, 0) is 0 Å².